The van der Waals surface area contributed by atoms with Crippen molar-refractivity contribution in [3.05, 3.63) is 65.2 Å². The molecule has 4 nitrogen and oxygen atoms in total. The Morgan fingerprint density at radius 3 is 2.69 bits per heavy atom. The number of amides is 1. The highest BCUT2D eigenvalue weighted by Gasteiger charge is 2.13. The number of benzene rings is 3. The van der Waals surface area contributed by atoms with Gasteiger partial charge in [0, 0.05) is 5.56 Å². The Bertz CT molecular complexity index is 1300. The van der Waals surface area contributed by atoms with Gasteiger partial charge in [-0.05, 0) is 42.0 Å². The van der Waals surface area contributed by atoms with Gasteiger partial charge in [0.15, 0.2) is 5.13 Å². The number of thiazole rings is 2. The highest BCUT2D eigenvalue weighted by atomic mass is 32.1. The molecule has 3 aromatic carbocycles. The fourth-order valence-electron chi connectivity index (χ4n) is 3.04. The van der Waals surface area contributed by atoms with Crippen molar-refractivity contribution in [1.29, 1.82) is 0 Å². The van der Waals surface area contributed by atoms with E-state index < -0.39 is 0 Å². The van der Waals surface area contributed by atoms with Crippen molar-refractivity contribution in [3.8, 4) is 0 Å². The summed E-state index contributed by atoms with van der Waals surface area (Å²) >= 11 is 3.14. The minimum Gasteiger partial charge on any atom is -0.298 e. The summed E-state index contributed by atoms with van der Waals surface area (Å²) < 4.78 is 2.16. The van der Waals surface area contributed by atoms with Crippen molar-refractivity contribution in [2.24, 2.45) is 0 Å². The van der Waals surface area contributed by atoms with Crippen LogP contribution < -0.4 is 5.32 Å². The van der Waals surface area contributed by atoms with Crippen molar-refractivity contribution < 1.29 is 4.79 Å². The van der Waals surface area contributed by atoms with Gasteiger partial charge in [0.25, 0.3) is 5.91 Å². The van der Waals surface area contributed by atoms with E-state index in [1.807, 2.05) is 61.5 Å². The van der Waals surface area contributed by atoms with Crippen LogP contribution in [0.3, 0.4) is 0 Å². The average molecular weight is 375 g/mol. The van der Waals surface area contributed by atoms with E-state index in [0.29, 0.717) is 10.7 Å². The van der Waals surface area contributed by atoms with Crippen LogP contribution in [0.4, 0.5) is 5.13 Å². The molecule has 0 fully saturated rings. The van der Waals surface area contributed by atoms with Crippen LogP contribution in [0.2, 0.25) is 0 Å². The third kappa shape index (κ3) is 2.55. The van der Waals surface area contributed by atoms with Gasteiger partial charge >= 0.3 is 0 Å². The molecule has 0 saturated heterocycles. The van der Waals surface area contributed by atoms with Gasteiger partial charge in [-0.15, -0.1) is 11.3 Å². The normalized spacial score (nSPS) is 11.4. The molecule has 0 atom stereocenters. The Labute approximate surface area is 157 Å². The zero-order chi connectivity index (χ0) is 17.7. The van der Waals surface area contributed by atoms with Gasteiger partial charge in [0.05, 0.1) is 19.9 Å². The largest absolute Gasteiger partial charge is 0.298 e. The van der Waals surface area contributed by atoms with Gasteiger partial charge < -0.3 is 0 Å². The minimum atomic E-state index is -0.152. The lowest BCUT2D eigenvalue weighted by Crippen LogP contribution is -2.11. The molecule has 0 radical (unpaired) electrons. The van der Waals surface area contributed by atoms with E-state index in [1.54, 1.807) is 11.3 Å². The van der Waals surface area contributed by atoms with Crippen LogP contribution in [0.1, 0.15) is 15.4 Å². The van der Waals surface area contributed by atoms with Crippen LogP contribution in [0.5, 0.6) is 0 Å². The van der Waals surface area contributed by atoms with Crippen LogP contribution >= 0.6 is 22.7 Å². The number of rotatable bonds is 2. The molecule has 0 aliphatic rings. The SMILES string of the molecule is Cc1nc2c(ccc3nc(NC(=O)c4ccc5ccccc5c4)sc32)s1. The summed E-state index contributed by atoms with van der Waals surface area (Å²) in [6, 6.07) is 17.7. The molecule has 5 aromatic rings. The van der Waals surface area contributed by atoms with E-state index in [9.17, 15) is 4.79 Å². The molecule has 1 N–H and O–H groups in total. The topological polar surface area (TPSA) is 54.9 Å². The van der Waals surface area contributed by atoms with Gasteiger partial charge in [0.2, 0.25) is 0 Å². The first-order chi connectivity index (χ1) is 12.7. The average Bonchev–Trinajstić information content (AvgIpc) is 3.23. The number of hydrogen-bond donors (Lipinski definition) is 1. The standard InChI is InChI=1S/C20H13N3OS2/c1-11-21-17-16(25-11)9-8-15-18(17)26-20(22-15)23-19(24)14-7-6-12-4-2-3-5-13(12)10-14/h2-10H,1H3,(H,22,23,24). The second-order valence-corrected chi connectivity index (χ2v) is 8.26. The number of anilines is 1. The minimum absolute atomic E-state index is 0.152. The molecule has 0 spiro atoms. The molecule has 126 valence electrons. The van der Waals surface area contributed by atoms with E-state index in [0.717, 1.165) is 36.2 Å². The van der Waals surface area contributed by atoms with Crippen LogP contribution in [0.15, 0.2) is 54.6 Å². The van der Waals surface area contributed by atoms with Crippen LogP contribution in [-0.2, 0) is 0 Å². The highest BCUT2D eigenvalue weighted by molar-refractivity contribution is 7.24. The highest BCUT2D eigenvalue weighted by Crippen LogP contribution is 2.34. The summed E-state index contributed by atoms with van der Waals surface area (Å²) in [7, 11) is 0. The van der Waals surface area contributed by atoms with Crippen LogP contribution in [0, 0.1) is 6.92 Å². The Balaban J connectivity index is 1.51. The number of aryl methyl sites for hydroxylation is 1. The monoisotopic (exact) mass is 375 g/mol. The molecular weight excluding hydrogens is 362 g/mol. The number of nitrogens with zero attached hydrogens (tertiary/aromatic N) is 2. The maximum atomic E-state index is 12.6. The predicted molar refractivity (Wildman–Crippen MR) is 109 cm³/mol. The third-order valence-corrected chi connectivity index (χ3v) is 6.18. The molecule has 26 heavy (non-hydrogen) atoms. The molecule has 0 bridgehead atoms. The number of fused-ring (bicyclic) bond motifs is 4. The van der Waals surface area contributed by atoms with Crippen molar-refractivity contribution >= 4 is 64.9 Å². The molecule has 2 heterocycles. The maximum absolute atomic E-state index is 12.6. The summed E-state index contributed by atoms with van der Waals surface area (Å²) in [5, 5.41) is 6.71. The maximum Gasteiger partial charge on any atom is 0.257 e. The number of aromatic nitrogens is 2. The first kappa shape index (κ1) is 15.4. The lowest BCUT2D eigenvalue weighted by atomic mass is 10.1. The first-order valence-electron chi connectivity index (χ1n) is 8.14. The number of nitrogens with one attached hydrogen (secondary N) is 1. The van der Waals surface area contributed by atoms with E-state index in [4.69, 9.17) is 0 Å². The van der Waals surface area contributed by atoms with E-state index >= 15 is 0 Å². The molecule has 0 saturated carbocycles. The molecule has 5 rings (SSSR count). The second kappa shape index (κ2) is 5.86. The Hall–Kier alpha value is -2.83. The van der Waals surface area contributed by atoms with Gasteiger partial charge in [-0.3, -0.25) is 10.1 Å². The van der Waals surface area contributed by atoms with Gasteiger partial charge in [-0.1, -0.05) is 41.7 Å². The summed E-state index contributed by atoms with van der Waals surface area (Å²) in [5.41, 5.74) is 2.45. The van der Waals surface area contributed by atoms with Gasteiger partial charge in [-0.2, -0.15) is 0 Å². The quantitative estimate of drug-likeness (QED) is 0.436. The van der Waals surface area contributed by atoms with Crippen molar-refractivity contribution in [3.63, 3.8) is 0 Å². The molecule has 0 aliphatic heterocycles. The lowest BCUT2D eigenvalue weighted by molar-refractivity contribution is 0.102. The molecule has 0 unspecified atom stereocenters. The molecule has 2 aromatic heterocycles. The first-order valence-corrected chi connectivity index (χ1v) is 9.77. The smallest absolute Gasteiger partial charge is 0.257 e. The zero-order valence-corrected chi connectivity index (χ0v) is 15.4. The van der Waals surface area contributed by atoms with Gasteiger partial charge in [0.1, 0.15) is 5.52 Å². The number of hydrogen-bond acceptors (Lipinski definition) is 5. The van der Waals surface area contributed by atoms with E-state index in [2.05, 4.69) is 15.3 Å². The number of carbonyl (C=O) groups excluding carboxylic acids is 1. The second-order valence-electron chi connectivity index (χ2n) is 6.03. The summed E-state index contributed by atoms with van der Waals surface area (Å²) in [6.07, 6.45) is 0. The summed E-state index contributed by atoms with van der Waals surface area (Å²) in [6.45, 7) is 2.00. The molecule has 1 amide bonds. The fraction of sp³-hybridized carbons (Fsp3) is 0.0500. The Kier molecular flexibility index (Phi) is 3.48. The molecule has 6 heteroatoms. The van der Waals surface area contributed by atoms with Crippen molar-refractivity contribution in [2.45, 2.75) is 6.92 Å². The Morgan fingerprint density at radius 1 is 0.962 bits per heavy atom. The van der Waals surface area contributed by atoms with Crippen molar-refractivity contribution in [1.82, 2.24) is 9.97 Å². The zero-order valence-electron chi connectivity index (χ0n) is 13.8. The lowest BCUT2D eigenvalue weighted by Gasteiger charge is -2.03. The predicted octanol–water partition coefficient (Wildman–Crippen LogP) is 5.62. The number of carbonyl (C=O) groups is 1. The summed E-state index contributed by atoms with van der Waals surface area (Å²) in [5.74, 6) is -0.152. The van der Waals surface area contributed by atoms with Crippen molar-refractivity contribution in [2.75, 3.05) is 5.32 Å². The third-order valence-electron chi connectivity index (χ3n) is 4.25. The molecule has 0 aliphatic carbocycles. The van der Waals surface area contributed by atoms with Gasteiger partial charge in [-0.25, -0.2) is 9.97 Å². The summed E-state index contributed by atoms with van der Waals surface area (Å²) in [4.78, 5) is 21.8. The Morgan fingerprint density at radius 2 is 1.81 bits per heavy atom. The fourth-order valence-corrected chi connectivity index (χ4v) is 4.89. The van der Waals surface area contributed by atoms with E-state index in [-0.39, 0.29) is 5.91 Å². The van der Waals surface area contributed by atoms with Crippen LogP contribution in [-0.4, -0.2) is 15.9 Å². The van der Waals surface area contributed by atoms with E-state index in [1.165, 1.54) is 11.3 Å². The molecular formula is C20H13N3OS2. The van der Waals surface area contributed by atoms with Crippen LogP contribution in [0.25, 0.3) is 31.2 Å².